The largest absolute Gasteiger partial charge is 0.446 e. The van der Waals surface area contributed by atoms with Crippen LogP contribution in [0.3, 0.4) is 0 Å². The van der Waals surface area contributed by atoms with Gasteiger partial charge in [0.1, 0.15) is 6.10 Å². The van der Waals surface area contributed by atoms with Gasteiger partial charge in [0, 0.05) is 11.3 Å². The fraction of sp³-hybridized carbons (Fsp3) is 0.900. The Labute approximate surface area is 99.3 Å². The summed E-state index contributed by atoms with van der Waals surface area (Å²) in [5.74, 6) is 0.149. The molecule has 0 saturated heterocycles. The second-order valence-corrected chi connectivity index (χ2v) is 5.59. The molecular weight excluding hydrogens is 236 g/mol. The zero-order valence-corrected chi connectivity index (χ0v) is 10.9. The van der Waals surface area contributed by atoms with E-state index >= 15 is 0 Å². The van der Waals surface area contributed by atoms with Crippen molar-refractivity contribution in [3.8, 4) is 0 Å². The number of amides is 1. The van der Waals surface area contributed by atoms with Crippen LogP contribution >= 0.6 is 11.8 Å². The highest BCUT2D eigenvalue weighted by Gasteiger charge is 2.17. The second-order valence-electron chi connectivity index (χ2n) is 4.52. The molecule has 0 heterocycles. The van der Waals surface area contributed by atoms with Crippen molar-refractivity contribution in [2.24, 2.45) is 0 Å². The maximum Gasteiger partial charge on any atom is 0.407 e. The van der Waals surface area contributed by atoms with Crippen LogP contribution in [0.1, 0.15) is 27.7 Å². The topological polar surface area (TPSA) is 38.3 Å². The van der Waals surface area contributed by atoms with Crippen molar-refractivity contribution in [1.29, 1.82) is 0 Å². The Balaban J connectivity index is 3.70. The molecule has 0 aliphatic carbocycles. The van der Waals surface area contributed by atoms with Crippen LogP contribution in [0.5, 0.6) is 0 Å². The van der Waals surface area contributed by atoms with Gasteiger partial charge >= 0.3 is 6.09 Å². The first-order valence-electron chi connectivity index (χ1n) is 5.05. The lowest BCUT2D eigenvalue weighted by atomic mass is 10.1. The number of nitrogens with one attached hydrogen (secondary N) is 1. The molecule has 0 unspecified atom stereocenters. The first-order chi connectivity index (χ1) is 7.20. The lowest BCUT2D eigenvalue weighted by molar-refractivity contribution is 0.110. The highest BCUT2D eigenvalue weighted by atomic mass is 32.2. The molecule has 1 N–H and O–H groups in total. The number of alkyl halides is 2. The van der Waals surface area contributed by atoms with Crippen molar-refractivity contribution in [2.45, 2.75) is 45.8 Å². The quantitative estimate of drug-likeness (QED) is 0.821. The third-order valence-corrected chi connectivity index (χ3v) is 2.57. The zero-order chi connectivity index (χ0) is 12.8. The average Bonchev–Trinajstić information content (AvgIpc) is 1.98. The zero-order valence-electron chi connectivity index (χ0n) is 10.0. The van der Waals surface area contributed by atoms with E-state index in [1.807, 2.05) is 20.8 Å². The Hall–Kier alpha value is -0.520. The van der Waals surface area contributed by atoms with Gasteiger partial charge in [0.05, 0.1) is 5.75 Å². The Morgan fingerprint density at radius 3 is 2.38 bits per heavy atom. The summed E-state index contributed by atoms with van der Waals surface area (Å²) < 4.78 is 28.7. The van der Waals surface area contributed by atoms with E-state index in [9.17, 15) is 13.6 Å². The van der Waals surface area contributed by atoms with Gasteiger partial charge in [0.2, 0.25) is 6.43 Å². The minimum Gasteiger partial charge on any atom is -0.446 e. The summed E-state index contributed by atoms with van der Waals surface area (Å²) in [6.07, 6.45) is -3.20. The lowest BCUT2D eigenvalue weighted by Gasteiger charge is -2.22. The Bertz CT molecular complexity index is 219. The van der Waals surface area contributed by atoms with Gasteiger partial charge in [-0.05, 0) is 27.7 Å². The second kappa shape index (κ2) is 6.93. The minimum absolute atomic E-state index is 0.228. The Morgan fingerprint density at radius 1 is 1.38 bits per heavy atom. The van der Waals surface area contributed by atoms with E-state index in [2.05, 4.69) is 5.32 Å². The number of halogens is 2. The van der Waals surface area contributed by atoms with Gasteiger partial charge in [-0.25, -0.2) is 13.6 Å². The van der Waals surface area contributed by atoms with Crippen LogP contribution in [0.15, 0.2) is 0 Å². The van der Waals surface area contributed by atoms with Crippen molar-refractivity contribution >= 4 is 17.9 Å². The fourth-order valence-corrected chi connectivity index (χ4v) is 1.59. The molecule has 0 spiro atoms. The number of hydrogen-bond acceptors (Lipinski definition) is 3. The maximum absolute atomic E-state index is 11.8. The summed E-state index contributed by atoms with van der Waals surface area (Å²) >= 11 is 1.07. The van der Waals surface area contributed by atoms with E-state index in [-0.39, 0.29) is 17.4 Å². The van der Waals surface area contributed by atoms with Gasteiger partial charge in [-0.3, -0.25) is 0 Å². The summed E-state index contributed by atoms with van der Waals surface area (Å²) in [6, 6.07) is 0. The van der Waals surface area contributed by atoms with E-state index in [0.29, 0.717) is 5.75 Å². The first-order valence-corrected chi connectivity index (χ1v) is 6.21. The Kier molecular flexibility index (Phi) is 6.71. The number of carbonyl (C=O) groups excluding carboxylic acids is 1. The van der Waals surface area contributed by atoms with Crippen LogP contribution in [0, 0.1) is 0 Å². The summed E-state index contributed by atoms with van der Waals surface area (Å²) in [4.78, 5) is 11.3. The molecule has 16 heavy (non-hydrogen) atoms. The van der Waals surface area contributed by atoms with E-state index in [1.165, 1.54) is 0 Å². The smallest absolute Gasteiger partial charge is 0.407 e. The monoisotopic (exact) mass is 255 g/mol. The van der Waals surface area contributed by atoms with Crippen LogP contribution in [0.25, 0.3) is 0 Å². The summed E-state index contributed by atoms with van der Waals surface area (Å²) in [5, 5.41) is 2.63. The van der Waals surface area contributed by atoms with Gasteiger partial charge in [0.15, 0.2) is 0 Å². The van der Waals surface area contributed by atoms with Crippen molar-refractivity contribution in [3.05, 3.63) is 0 Å². The normalized spacial score (nSPS) is 13.7. The van der Waals surface area contributed by atoms with E-state index in [1.54, 1.807) is 6.92 Å². The predicted octanol–water partition coefficient (Wildman–Crippen LogP) is 2.90. The molecule has 3 nitrogen and oxygen atoms in total. The molecule has 0 aromatic rings. The van der Waals surface area contributed by atoms with E-state index < -0.39 is 12.5 Å². The van der Waals surface area contributed by atoms with E-state index in [4.69, 9.17) is 4.74 Å². The number of carbonyl (C=O) groups is 1. The van der Waals surface area contributed by atoms with Crippen LogP contribution in [-0.2, 0) is 4.74 Å². The van der Waals surface area contributed by atoms with Crippen LogP contribution in [0.2, 0.25) is 0 Å². The minimum atomic E-state index is -2.32. The van der Waals surface area contributed by atoms with Gasteiger partial charge in [0.25, 0.3) is 0 Å². The molecule has 0 aromatic heterocycles. The molecule has 0 radical (unpaired) electrons. The van der Waals surface area contributed by atoms with Crippen molar-refractivity contribution in [3.63, 3.8) is 0 Å². The predicted molar refractivity (Wildman–Crippen MR) is 62.2 cm³/mol. The SMILES string of the molecule is C[C@H](CSCC(F)F)OC(=O)NC(C)(C)C. The summed E-state index contributed by atoms with van der Waals surface area (Å²) in [5.41, 5.74) is -0.354. The molecule has 0 aliphatic rings. The van der Waals surface area contributed by atoms with Gasteiger partial charge < -0.3 is 10.1 Å². The van der Waals surface area contributed by atoms with Crippen LogP contribution in [0.4, 0.5) is 13.6 Å². The maximum atomic E-state index is 11.8. The fourth-order valence-electron chi connectivity index (χ4n) is 0.875. The molecule has 0 saturated carbocycles. The molecule has 0 bridgehead atoms. The first kappa shape index (κ1) is 15.5. The average molecular weight is 255 g/mol. The highest BCUT2D eigenvalue weighted by Crippen LogP contribution is 2.10. The van der Waals surface area contributed by atoms with Crippen LogP contribution in [-0.4, -0.2) is 35.7 Å². The van der Waals surface area contributed by atoms with Gasteiger partial charge in [-0.15, -0.1) is 0 Å². The number of rotatable bonds is 5. The van der Waals surface area contributed by atoms with Crippen molar-refractivity contribution in [2.75, 3.05) is 11.5 Å². The number of thioether (sulfide) groups is 1. The Morgan fingerprint density at radius 2 is 1.94 bits per heavy atom. The number of ether oxygens (including phenoxy) is 1. The molecule has 0 aliphatic heterocycles. The number of hydrogen-bond donors (Lipinski definition) is 1. The lowest BCUT2D eigenvalue weighted by Crippen LogP contribution is -2.42. The molecule has 0 rings (SSSR count). The summed E-state index contributed by atoms with van der Waals surface area (Å²) in [7, 11) is 0. The summed E-state index contributed by atoms with van der Waals surface area (Å²) in [6.45, 7) is 7.19. The molecule has 0 aromatic carbocycles. The third kappa shape index (κ3) is 10.0. The standard InChI is InChI=1S/C10H19F2NO2S/c1-7(5-16-6-8(11)12)15-9(14)13-10(2,3)4/h7-8H,5-6H2,1-4H3,(H,13,14)/t7-/m1/s1. The molecule has 96 valence electrons. The van der Waals surface area contributed by atoms with Gasteiger partial charge in [-0.1, -0.05) is 0 Å². The van der Waals surface area contributed by atoms with Crippen LogP contribution < -0.4 is 5.32 Å². The molecule has 0 fully saturated rings. The van der Waals surface area contributed by atoms with Gasteiger partial charge in [-0.2, -0.15) is 11.8 Å². The van der Waals surface area contributed by atoms with Crippen molar-refractivity contribution < 1.29 is 18.3 Å². The molecule has 6 heteroatoms. The molecule has 1 amide bonds. The van der Waals surface area contributed by atoms with E-state index in [0.717, 1.165) is 11.8 Å². The molecular formula is C10H19F2NO2S. The van der Waals surface area contributed by atoms with Crippen molar-refractivity contribution in [1.82, 2.24) is 5.32 Å². The molecule has 1 atom stereocenters. The highest BCUT2D eigenvalue weighted by molar-refractivity contribution is 7.99. The number of alkyl carbamates (subject to hydrolysis) is 1. The third-order valence-electron chi connectivity index (χ3n) is 1.38.